The van der Waals surface area contributed by atoms with Crippen molar-refractivity contribution in [1.29, 1.82) is 0 Å². The summed E-state index contributed by atoms with van der Waals surface area (Å²) in [4.78, 5) is 10.1. The summed E-state index contributed by atoms with van der Waals surface area (Å²) in [5.41, 5.74) is 0. The molecule has 0 rings (SSSR count). The molecule has 0 aliphatic heterocycles. The SMILES string of the molecule is CCC[S+](C)CC(=O)O.[Br-]. The molecule has 0 bridgehead atoms. The number of hydrogen-bond acceptors (Lipinski definition) is 1. The lowest BCUT2D eigenvalue weighted by Crippen LogP contribution is -3.00. The molecule has 0 aromatic rings. The minimum absolute atomic E-state index is 0. The standard InChI is InChI=1S/C6H12O2S.BrH/c1-3-4-9(2)5-6(7)8;/h3-5H2,1-2H3;1H. The Balaban J connectivity index is 0. The number of halogens is 1. The Morgan fingerprint density at radius 1 is 1.60 bits per heavy atom. The number of aliphatic carboxylic acids is 1. The fraction of sp³-hybridized carbons (Fsp3) is 0.833. The highest BCUT2D eigenvalue weighted by Crippen LogP contribution is 1.93. The van der Waals surface area contributed by atoms with Gasteiger partial charge in [0.05, 0.1) is 6.26 Å². The Morgan fingerprint density at radius 3 is 2.40 bits per heavy atom. The van der Waals surface area contributed by atoms with Crippen LogP contribution in [0.2, 0.25) is 0 Å². The topological polar surface area (TPSA) is 37.3 Å². The maximum absolute atomic E-state index is 10.1. The molecule has 0 aromatic heterocycles. The lowest BCUT2D eigenvalue weighted by Gasteiger charge is -1.95. The van der Waals surface area contributed by atoms with Crippen LogP contribution in [0.4, 0.5) is 0 Å². The van der Waals surface area contributed by atoms with Gasteiger partial charge in [-0.2, -0.15) is 0 Å². The molecule has 62 valence electrons. The van der Waals surface area contributed by atoms with Gasteiger partial charge in [0.2, 0.25) is 5.75 Å². The van der Waals surface area contributed by atoms with Crippen molar-refractivity contribution >= 4 is 16.9 Å². The molecule has 0 spiro atoms. The average molecular weight is 229 g/mol. The summed E-state index contributed by atoms with van der Waals surface area (Å²) in [6.45, 7) is 2.07. The molecule has 0 radical (unpaired) electrons. The van der Waals surface area contributed by atoms with Crippen LogP contribution < -0.4 is 17.0 Å². The molecule has 1 N–H and O–H groups in total. The van der Waals surface area contributed by atoms with Crippen LogP contribution in [0.15, 0.2) is 0 Å². The van der Waals surface area contributed by atoms with Crippen molar-refractivity contribution < 1.29 is 26.9 Å². The van der Waals surface area contributed by atoms with Crippen LogP contribution in [0.5, 0.6) is 0 Å². The van der Waals surface area contributed by atoms with Crippen molar-refractivity contribution in [3.05, 3.63) is 0 Å². The predicted octanol–water partition coefficient (Wildman–Crippen LogP) is -2.27. The summed E-state index contributed by atoms with van der Waals surface area (Å²) >= 11 is 0. The van der Waals surface area contributed by atoms with Gasteiger partial charge in [0.25, 0.3) is 0 Å². The first-order chi connectivity index (χ1) is 4.16. The second-order valence-corrected chi connectivity index (χ2v) is 4.28. The zero-order valence-corrected chi connectivity index (χ0v) is 8.67. The van der Waals surface area contributed by atoms with E-state index in [2.05, 4.69) is 6.92 Å². The third-order valence-corrected chi connectivity index (χ3v) is 2.77. The molecule has 0 aliphatic carbocycles. The molecule has 0 aliphatic rings. The molecule has 2 nitrogen and oxygen atoms in total. The van der Waals surface area contributed by atoms with Gasteiger partial charge in [-0.1, -0.05) is 6.92 Å². The van der Waals surface area contributed by atoms with Crippen molar-refractivity contribution in [3.63, 3.8) is 0 Å². The van der Waals surface area contributed by atoms with E-state index >= 15 is 0 Å². The fourth-order valence-electron chi connectivity index (χ4n) is 0.631. The van der Waals surface area contributed by atoms with Crippen LogP contribution in [0, 0.1) is 0 Å². The van der Waals surface area contributed by atoms with E-state index in [4.69, 9.17) is 5.11 Å². The van der Waals surface area contributed by atoms with E-state index in [-0.39, 0.29) is 27.9 Å². The summed E-state index contributed by atoms with van der Waals surface area (Å²) < 4.78 is 0. The predicted molar refractivity (Wildman–Crippen MR) is 40.9 cm³/mol. The largest absolute Gasteiger partial charge is 1.00 e. The van der Waals surface area contributed by atoms with Gasteiger partial charge in [-0.3, -0.25) is 0 Å². The smallest absolute Gasteiger partial charge is 0.353 e. The second kappa shape index (κ2) is 7.41. The van der Waals surface area contributed by atoms with Crippen LogP contribution >= 0.6 is 0 Å². The second-order valence-electron chi connectivity index (χ2n) is 2.02. The Morgan fingerprint density at radius 2 is 2.10 bits per heavy atom. The van der Waals surface area contributed by atoms with Crippen molar-refractivity contribution in [2.75, 3.05) is 17.8 Å². The van der Waals surface area contributed by atoms with E-state index < -0.39 is 5.97 Å². The first kappa shape index (κ1) is 12.9. The number of carboxylic acid groups (broad SMARTS) is 1. The summed E-state index contributed by atoms with van der Waals surface area (Å²) in [6, 6.07) is 0. The van der Waals surface area contributed by atoms with Gasteiger partial charge in [-0.15, -0.1) is 0 Å². The van der Waals surface area contributed by atoms with Crippen molar-refractivity contribution in [2.45, 2.75) is 13.3 Å². The highest BCUT2D eigenvalue weighted by Gasteiger charge is 2.13. The molecule has 0 saturated carbocycles. The maximum atomic E-state index is 10.1. The molecule has 1 atom stereocenters. The minimum atomic E-state index is -0.672. The van der Waals surface area contributed by atoms with Gasteiger partial charge in [-0.05, 0) is 17.3 Å². The molecular formula is C6H13BrO2S. The van der Waals surface area contributed by atoms with E-state index in [0.29, 0.717) is 5.75 Å². The average Bonchev–Trinajstić information content (AvgIpc) is 1.63. The third-order valence-electron chi connectivity index (χ3n) is 0.922. The normalized spacial score (nSPS) is 11.8. The molecule has 0 heterocycles. The zero-order valence-electron chi connectivity index (χ0n) is 6.26. The Bertz CT molecular complexity index is 97.7. The number of rotatable bonds is 4. The first-order valence-corrected chi connectivity index (χ1v) is 4.95. The Kier molecular flexibility index (Phi) is 9.58. The van der Waals surface area contributed by atoms with Gasteiger partial charge in [0, 0.05) is 0 Å². The van der Waals surface area contributed by atoms with Crippen LogP contribution in [0.3, 0.4) is 0 Å². The van der Waals surface area contributed by atoms with E-state index in [1.54, 1.807) is 0 Å². The molecule has 0 aromatic carbocycles. The third kappa shape index (κ3) is 8.30. The number of hydrogen-bond donors (Lipinski definition) is 1. The monoisotopic (exact) mass is 228 g/mol. The van der Waals surface area contributed by atoms with Crippen molar-refractivity contribution in [3.8, 4) is 0 Å². The van der Waals surface area contributed by atoms with E-state index in [1.165, 1.54) is 0 Å². The quantitative estimate of drug-likeness (QED) is 0.552. The molecule has 0 amide bonds. The van der Waals surface area contributed by atoms with Gasteiger partial charge in [-0.25, -0.2) is 4.79 Å². The van der Waals surface area contributed by atoms with Crippen LogP contribution in [-0.2, 0) is 15.7 Å². The van der Waals surface area contributed by atoms with Crippen LogP contribution in [0.25, 0.3) is 0 Å². The summed E-state index contributed by atoms with van der Waals surface area (Å²) in [5.74, 6) is 0.717. The van der Waals surface area contributed by atoms with E-state index in [1.807, 2.05) is 6.26 Å². The summed E-state index contributed by atoms with van der Waals surface area (Å²) in [5, 5.41) is 8.32. The van der Waals surface area contributed by atoms with Gasteiger partial charge in [0.1, 0.15) is 5.75 Å². The molecule has 1 unspecified atom stereocenters. The molecular weight excluding hydrogens is 216 g/mol. The maximum Gasteiger partial charge on any atom is 0.353 e. The molecule has 0 fully saturated rings. The van der Waals surface area contributed by atoms with Crippen LogP contribution in [0.1, 0.15) is 13.3 Å². The highest BCUT2D eigenvalue weighted by molar-refractivity contribution is 7.96. The Hall–Kier alpha value is 0.300. The number of carbonyl (C=O) groups is 1. The number of carboxylic acids is 1. The van der Waals surface area contributed by atoms with E-state index in [9.17, 15) is 4.79 Å². The van der Waals surface area contributed by atoms with Gasteiger partial charge in [0.15, 0.2) is 0 Å². The molecule has 0 saturated heterocycles. The molecule has 4 heteroatoms. The van der Waals surface area contributed by atoms with Crippen molar-refractivity contribution in [1.82, 2.24) is 0 Å². The minimum Gasteiger partial charge on any atom is -1.00 e. The zero-order chi connectivity index (χ0) is 7.28. The lowest BCUT2D eigenvalue weighted by atomic mass is 10.6. The summed E-state index contributed by atoms with van der Waals surface area (Å²) in [7, 11) is 0.100. The fourth-order valence-corrected chi connectivity index (χ4v) is 1.89. The van der Waals surface area contributed by atoms with Crippen LogP contribution in [-0.4, -0.2) is 28.8 Å². The molecule has 10 heavy (non-hydrogen) atoms. The first-order valence-electron chi connectivity index (χ1n) is 2.97. The van der Waals surface area contributed by atoms with Gasteiger partial charge < -0.3 is 22.1 Å². The Labute approximate surface area is 75.1 Å². The highest BCUT2D eigenvalue weighted by atomic mass is 79.9. The summed E-state index contributed by atoms with van der Waals surface area (Å²) in [6.07, 6.45) is 3.09. The van der Waals surface area contributed by atoms with Crippen molar-refractivity contribution in [2.24, 2.45) is 0 Å². The lowest BCUT2D eigenvalue weighted by molar-refractivity contribution is -0.133. The van der Waals surface area contributed by atoms with Gasteiger partial charge >= 0.3 is 5.97 Å². The van der Waals surface area contributed by atoms with E-state index in [0.717, 1.165) is 12.2 Å².